The van der Waals surface area contributed by atoms with Gasteiger partial charge in [-0.25, -0.2) is 0 Å². The van der Waals surface area contributed by atoms with Crippen molar-refractivity contribution in [1.29, 1.82) is 10.5 Å². The minimum atomic E-state index is -0.508. The largest absolute Gasteiger partial charge is 0.504 e. The van der Waals surface area contributed by atoms with Crippen molar-refractivity contribution in [2.24, 2.45) is 0 Å². The van der Waals surface area contributed by atoms with Crippen LogP contribution in [0.4, 0.5) is 0 Å². The van der Waals surface area contributed by atoms with Crippen LogP contribution >= 0.6 is 0 Å². The molecule has 2 rings (SSSR count). The lowest BCUT2D eigenvalue weighted by atomic mass is 10.1. The summed E-state index contributed by atoms with van der Waals surface area (Å²) in [6.07, 6.45) is 12.6. The maximum absolute atomic E-state index is 12.4. The van der Waals surface area contributed by atoms with Crippen molar-refractivity contribution in [3.8, 4) is 46.6 Å². The summed E-state index contributed by atoms with van der Waals surface area (Å²) in [5, 5.41) is 63.3. The van der Waals surface area contributed by atoms with Gasteiger partial charge in [-0.1, -0.05) is 51.4 Å². The predicted octanol–water partition coefficient (Wildman–Crippen LogP) is 5.17. The van der Waals surface area contributed by atoms with Gasteiger partial charge in [-0.05, 0) is 60.4 Å². The van der Waals surface area contributed by atoms with E-state index in [0.29, 0.717) is 24.2 Å². The summed E-state index contributed by atoms with van der Waals surface area (Å²) in [5.74, 6) is -2.61. The average molecular weight is 635 g/mol. The van der Waals surface area contributed by atoms with Crippen molar-refractivity contribution in [3.05, 3.63) is 46.5 Å². The van der Waals surface area contributed by atoms with Gasteiger partial charge in [0.05, 0.1) is 14.2 Å². The SMILES string of the molecule is COc1cc(/C=C(\C#N)C(=O)NCCCCCCCCCCCCNC(=O)/C(C#N)=C/c2cc(O)c(O)c(OC)c2)cc(O)c1O. The standard InChI is InChI=1S/C34H42N4O8/c1-45-29-19-23(17-27(39)31(29)41)15-25(21-35)33(43)37-13-11-9-7-5-3-4-6-8-10-12-14-38-34(44)26(22-36)16-24-18-28(40)32(42)30(20-24)46-2/h15-20,39-42H,3-14H2,1-2H3,(H,37,43)(H,38,44)/b25-15+,26-16+. The molecule has 0 aliphatic rings. The minimum absolute atomic E-state index is 0.0319. The smallest absolute Gasteiger partial charge is 0.261 e. The highest BCUT2D eigenvalue weighted by atomic mass is 16.5. The fourth-order valence-electron chi connectivity index (χ4n) is 4.59. The summed E-state index contributed by atoms with van der Waals surface area (Å²) in [4.78, 5) is 24.7. The molecule has 0 aliphatic carbocycles. The summed E-state index contributed by atoms with van der Waals surface area (Å²) in [6, 6.07) is 9.03. The van der Waals surface area contributed by atoms with Gasteiger partial charge >= 0.3 is 0 Å². The van der Waals surface area contributed by atoms with Crippen LogP contribution in [-0.4, -0.2) is 59.5 Å². The van der Waals surface area contributed by atoms with Crippen molar-refractivity contribution in [2.75, 3.05) is 27.3 Å². The average Bonchev–Trinajstić information content (AvgIpc) is 3.05. The fraction of sp³-hybridized carbons (Fsp3) is 0.412. The van der Waals surface area contributed by atoms with Gasteiger partial charge in [-0.3, -0.25) is 9.59 Å². The first-order valence-corrected chi connectivity index (χ1v) is 15.1. The highest BCUT2D eigenvalue weighted by molar-refractivity contribution is 6.02. The summed E-state index contributed by atoms with van der Waals surface area (Å²) in [6.45, 7) is 0.888. The number of benzene rings is 2. The number of nitrogens with one attached hydrogen (secondary N) is 2. The first kappa shape index (κ1) is 36.8. The Morgan fingerprint density at radius 3 is 1.26 bits per heavy atom. The lowest BCUT2D eigenvalue weighted by Gasteiger charge is -2.08. The molecule has 6 N–H and O–H groups in total. The number of ether oxygens (including phenoxy) is 2. The Hall–Kier alpha value is -5.36. The number of nitriles is 2. The lowest BCUT2D eigenvalue weighted by Crippen LogP contribution is -2.25. The molecule has 0 bridgehead atoms. The first-order chi connectivity index (χ1) is 22.1. The van der Waals surface area contributed by atoms with Crippen LogP contribution in [0.1, 0.15) is 75.3 Å². The quantitative estimate of drug-likeness (QED) is 0.0517. The van der Waals surface area contributed by atoms with E-state index >= 15 is 0 Å². The molecule has 0 aromatic heterocycles. The van der Waals surface area contributed by atoms with Gasteiger partial charge in [-0.15, -0.1) is 0 Å². The Kier molecular flexibility index (Phi) is 15.9. The van der Waals surface area contributed by atoms with E-state index in [4.69, 9.17) is 9.47 Å². The molecule has 0 unspecified atom stereocenters. The second-order valence-electron chi connectivity index (χ2n) is 10.6. The second-order valence-corrected chi connectivity index (χ2v) is 10.6. The van der Waals surface area contributed by atoms with Gasteiger partial charge in [0.15, 0.2) is 23.0 Å². The summed E-state index contributed by atoms with van der Waals surface area (Å²) < 4.78 is 9.96. The van der Waals surface area contributed by atoms with Gasteiger partial charge < -0.3 is 40.5 Å². The van der Waals surface area contributed by atoms with Crippen LogP contribution in [0.15, 0.2) is 35.4 Å². The molecule has 12 nitrogen and oxygen atoms in total. The Bertz CT molecular complexity index is 1380. The molecule has 0 heterocycles. The highest BCUT2D eigenvalue weighted by Crippen LogP contribution is 2.37. The number of methoxy groups -OCH3 is 2. The van der Waals surface area contributed by atoms with E-state index in [1.807, 2.05) is 12.1 Å². The molecule has 46 heavy (non-hydrogen) atoms. The topological polar surface area (TPSA) is 205 Å². The zero-order valence-corrected chi connectivity index (χ0v) is 26.3. The zero-order valence-electron chi connectivity index (χ0n) is 26.3. The number of nitrogens with zero attached hydrogens (tertiary/aromatic N) is 2. The number of carbonyl (C=O) groups is 2. The summed E-state index contributed by atoms with van der Waals surface area (Å²) >= 11 is 0. The molecule has 12 heteroatoms. The Morgan fingerprint density at radius 1 is 0.630 bits per heavy atom. The molecular weight excluding hydrogens is 592 g/mol. The number of hydrogen-bond donors (Lipinski definition) is 6. The van der Waals surface area contributed by atoms with Gasteiger partial charge in [-0.2, -0.15) is 10.5 Å². The molecule has 0 saturated heterocycles. The van der Waals surface area contributed by atoms with Gasteiger partial charge in [0.1, 0.15) is 23.3 Å². The van der Waals surface area contributed by atoms with Crippen LogP contribution in [0.2, 0.25) is 0 Å². The van der Waals surface area contributed by atoms with Gasteiger partial charge in [0.2, 0.25) is 11.5 Å². The van der Waals surface area contributed by atoms with Crippen molar-refractivity contribution >= 4 is 24.0 Å². The Labute approximate surface area is 269 Å². The second kappa shape index (κ2) is 19.8. The van der Waals surface area contributed by atoms with E-state index in [1.165, 1.54) is 50.6 Å². The van der Waals surface area contributed by atoms with Crippen molar-refractivity contribution in [2.45, 2.75) is 64.2 Å². The first-order valence-electron chi connectivity index (χ1n) is 15.1. The maximum Gasteiger partial charge on any atom is 0.261 e. The molecule has 0 saturated carbocycles. The number of rotatable bonds is 19. The number of unbranched alkanes of at least 4 members (excludes halogenated alkanes) is 9. The van der Waals surface area contributed by atoms with Crippen LogP contribution < -0.4 is 20.1 Å². The molecule has 0 radical (unpaired) electrons. The molecule has 246 valence electrons. The molecule has 2 aromatic carbocycles. The minimum Gasteiger partial charge on any atom is -0.504 e. The molecular formula is C34H42N4O8. The summed E-state index contributed by atoms with van der Waals surface area (Å²) in [7, 11) is 2.66. The van der Waals surface area contributed by atoms with Crippen LogP contribution in [0.3, 0.4) is 0 Å². The predicted molar refractivity (Wildman–Crippen MR) is 172 cm³/mol. The van der Waals surface area contributed by atoms with Crippen molar-refractivity contribution in [1.82, 2.24) is 10.6 Å². The number of phenolic OH excluding ortho intramolecular Hbond substituents is 4. The normalized spacial score (nSPS) is 11.3. The number of carbonyl (C=O) groups excluding carboxylic acids is 2. The summed E-state index contributed by atoms with van der Waals surface area (Å²) in [5.41, 5.74) is 0.459. The molecule has 2 amide bonds. The number of phenols is 4. The third-order valence-corrected chi connectivity index (χ3v) is 7.12. The van der Waals surface area contributed by atoms with E-state index < -0.39 is 34.8 Å². The van der Waals surface area contributed by atoms with E-state index in [1.54, 1.807) is 0 Å². The van der Waals surface area contributed by atoms with E-state index in [2.05, 4.69) is 10.6 Å². The van der Waals surface area contributed by atoms with E-state index in [0.717, 1.165) is 64.2 Å². The van der Waals surface area contributed by atoms with Crippen LogP contribution in [0.5, 0.6) is 34.5 Å². The molecule has 0 fully saturated rings. The Morgan fingerprint density at radius 2 is 0.957 bits per heavy atom. The van der Waals surface area contributed by atoms with Crippen LogP contribution in [-0.2, 0) is 9.59 Å². The number of amides is 2. The van der Waals surface area contributed by atoms with Crippen molar-refractivity contribution < 1.29 is 39.5 Å². The monoisotopic (exact) mass is 634 g/mol. The molecule has 0 spiro atoms. The van der Waals surface area contributed by atoms with E-state index in [9.17, 15) is 40.5 Å². The fourth-order valence-corrected chi connectivity index (χ4v) is 4.59. The Balaban J connectivity index is 1.54. The number of hydrogen-bond acceptors (Lipinski definition) is 10. The third-order valence-electron chi connectivity index (χ3n) is 7.12. The van der Waals surface area contributed by atoms with Crippen LogP contribution in [0, 0.1) is 22.7 Å². The molecule has 2 aromatic rings. The van der Waals surface area contributed by atoms with Gasteiger partial charge in [0.25, 0.3) is 11.8 Å². The van der Waals surface area contributed by atoms with E-state index in [-0.39, 0.29) is 22.6 Å². The lowest BCUT2D eigenvalue weighted by molar-refractivity contribution is -0.117. The third kappa shape index (κ3) is 12.0. The van der Waals surface area contributed by atoms with Crippen LogP contribution in [0.25, 0.3) is 12.2 Å². The number of aromatic hydroxyl groups is 4. The molecule has 0 aliphatic heterocycles. The van der Waals surface area contributed by atoms with Gasteiger partial charge in [0, 0.05) is 13.1 Å². The highest BCUT2D eigenvalue weighted by Gasteiger charge is 2.14. The molecule has 0 atom stereocenters. The zero-order chi connectivity index (χ0) is 33.9. The van der Waals surface area contributed by atoms with Crippen molar-refractivity contribution in [3.63, 3.8) is 0 Å². The maximum atomic E-state index is 12.4.